The predicted molar refractivity (Wildman–Crippen MR) is 74.3 cm³/mol. The van der Waals surface area contributed by atoms with Crippen molar-refractivity contribution in [3.63, 3.8) is 0 Å². The topological polar surface area (TPSA) is 60.7 Å². The molecule has 1 amide bonds. The number of furan rings is 1. The summed E-state index contributed by atoms with van der Waals surface area (Å²) in [5.74, 6) is 1.24. The monoisotopic (exact) mass is 275 g/mol. The SMILES string of the molecule is COc1ccc(CCNC(=O)c2ccoc2)cc1OC. The van der Waals surface area contributed by atoms with Gasteiger partial charge in [0.05, 0.1) is 26.0 Å². The Morgan fingerprint density at radius 2 is 2.00 bits per heavy atom. The molecule has 0 aliphatic carbocycles. The summed E-state index contributed by atoms with van der Waals surface area (Å²) in [6.07, 6.45) is 3.61. The van der Waals surface area contributed by atoms with E-state index in [1.807, 2.05) is 18.2 Å². The molecule has 106 valence electrons. The highest BCUT2D eigenvalue weighted by molar-refractivity contribution is 5.93. The lowest BCUT2D eigenvalue weighted by molar-refractivity contribution is 0.0953. The third kappa shape index (κ3) is 3.32. The third-order valence-corrected chi connectivity index (χ3v) is 2.93. The molecule has 2 aromatic rings. The second kappa shape index (κ2) is 6.65. The van der Waals surface area contributed by atoms with Gasteiger partial charge in [0.25, 0.3) is 5.91 Å². The Bertz CT molecular complexity index is 563. The van der Waals surface area contributed by atoms with E-state index >= 15 is 0 Å². The number of hydrogen-bond donors (Lipinski definition) is 1. The van der Waals surface area contributed by atoms with E-state index in [1.54, 1.807) is 20.3 Å². The second-order valence-corrected chi connectivity index (χ2v) is 4.21. The van der Waals surface area contributed by atoms with Crippen LogP contribution in [-0.2, 0) is 6.42 Å². The lowest BCUT2D eigenvalue weighted by atomic mass is 10.1. The Morgan fingerprint density at radius 1 is 1.20 bits per heavy atom. The van der Waals surface area contributed by atoms with Crippen LogP contribution >= 0.6 is 0 Å². The van der Waals surface area contributed by atoms with Crippen LogP contribution in [0.1, 0.15) is 15.9 Å². The molecule has 5 nitrogen and oxygen atoms in total. The molecule has 2 rings (SSSR count). The van der Waals surface area contributed by atoms with Gasteiger partial charge in [0.1, 0.15) is 6.26 Å². The summed E-state index contributed by atoms with van der Waals surface area (Å²) < 4.78 is 15.3. The molecule has 0 unspecified atom stereocenters. The molecule has 20 heavy (non-hydrogen) atoms. The van der Waals surface area contributed by atoms with Crippen molar-refractivity contribution in [3.8, 4) is 11.5 Å². The van der Waals surface area contributed by atoms with Crippen LogP contribution in [0.4, 0.5) is 0 Å². The van der Waals surface area contributed by atoms with Crippen molar-refractivity contribution in [1.82, 2.24) is 5.32 Å². The molecule has 0 saturated carbocycles. The van der Waals surface area contributed by atoms with Gasteiger partial charge in [-0.3, -0.25) is 4.79 Å². The van der Waals surface area contributed by atoms with E-state index in [1.165, 1.54) is 12.5 Å². The van der Waals surface area contributed by atoms with Gasteiger partial charge in [0, 0.05) is 6.54 Å². The summed E-state index contributed by atoms with van der Waals surface area (Å²) in [6, 6.07) is 7.34. The van der Waals surface area contributed by atoms with Crippen LogP contribution in [0.2, 0.25) is 0 Å². The van der Waals surface area contributed by atoms with Gasteiger partial charge in [0.15, 0.2) is 11.5 Å². The number of nitrogens with one attached hydrogen (secondary N) is 1. The smallest absolute Gasteiger partial charge is 0.254 e. The van der Waals surface area contributed by atoms with Crippen LogP contribution in [0.15, 0.2) is 41.2 Å². The average Bonchev–Trinajstić information content (AvgIpc) is 3.01. The molecule has 0 aliphatic rings. The van der Waals surface area contributed by atoms with Gasteiger partial charge in [0.2, 0.25) is 0 Å². The maximum atomic E-state index is 11.7. The van der Waals surface area contributed by atoms with Crippen molar-refractivity contribution in [1.29, 1.82) is 0 Å². The Balaban J connectivity index is 1.89. The van der Waals surface area contributed by atoms with Crippen molar-refractivity contribution in [3.05, 3.63) is 47.9 Å². The number of rotatable bonds is 6. The molecule has 1 heterocycles. The molecule has 1 aromatic heterocycles. The van der Waals surface area contributed by atoms with Gasteiger partial charge in [-0.15, -0.1) is 0 Å². The van der Waals surface area contributed by atoms with Crippen LogP contribution in [0.25, 0.3) is 0 Å². The van der Waals surface area contributed by atoms with E-state index in [0.717, 1.165) is 5.56 Å². The molecule has 0 fully saturated rings. The summed E-state index contributed by atoms with van der Waals surface area (Å²) in [5, 5.41) is 2.83. The highest BCUT2D eigenvalue weighted by atomic mass is 16.5. The highest BCUT2D eigenvalue weighted by Gasteiger charge is 2.07. The largest absolute Gasteiger partial charge is 0.493 e. The fourth-order valence-corrected chi connectivity index (χ4v) is 1.85. The van der Waals surface area contributed by atoms with Gasteiger partial charge >= 0.3 is 0 Å². The highest BCUT2D eigenvalue weighted by Crippen LogP contribution is 2.27. The standard InChI is InChI=1S/C15H17NO4/c1-18-13-4-3-11(9-14(13)19-2)5-7-16-15(17)12-6-8-20-10-12/h3-4,6,8-10H,5,7H2,1-2H3,(H,16,17). The number of hydrogen-bond acceptors (Lipinski definition) is 4. The first-order valence-electron chi connectivity index (χ1n) is 6.26. The zero-order valence-corrected chi connectivity index (χ0v) is 11.5. The van der Waals surface area contributed by atoms with Crippen LogP contribution in [-0.4, -0.2) is 26.7 Å². The van der Waals surface area contributed by atoms with Crippen LogP contribution in [0, 0.1) is 0 Å². The molecule has 5 heteroatoms. The summed E-state index contributed by atoms with van der Waals surface area (Å²) >= 11 is 0. The Kier molecular flexibility index (Phi) is 4.65. The van der Waals surface area contributed by atoms with Gasteiger partial charge in [-0.1, -0.05) is 6.07 Å². The molecule has 0 bridgehead atoms. The zero-order chi connectivity index (χ0) is 14.4. The van der Waals surface area contributed by atoms with E-state index in [4.69, 9.17) is 13.9 Å². The lowest BCUT2D eigenvalue weighted by Crippen LogP contribution is -2.25. The first kappa shape index (κ1) is 14.0. The molecule has 1 N–H and O–H groups in total. The molecule has 0 aliphatic heterocycles. The van der Waals surface area contributed by atoms with Gasteiger partial charge in [-0.05, 0) is 30.2 Å². The van der Waals surface area contributed by atoms with Crippen LogP contribution < -0.4 is 14.8 Å². The minimum Gasteiger partial charge on any atom is -0.493 e. The number of ether oxygens (including phenoxy) is 2. The maximum Gasteiger partial charge on any atom is 0.254 e. The number of amides is 1. The van der Waals surface area contributed by atoms with Crippen LogP contribution in [0.3, 0.4) is 0 Å². The Labute approximate surface area is 117 Å². The van der Waals surface area contributed by atoms with E-state index in [2.05, 4.69) is 5.32 Å². The van der Waals surface area contributed by atoms with E-state index < -0.39 is 0 Å². The first-order valence-corrected chi connectivity index (χ1v) is 6.26. The van der Waals surface area contributed by atoms with Gasteiger partial charge in [-0.25, -0.2) is 0 Å². The summed E-state index contributed by atoms with van der Waals surface area (Å²) in [7, 11) is 3.20. The minimum absolute atomic E-state index is 0.140. The van der Waals surface area contributed by atoms with Crippen molar-refractivity contribution in [2.24, 2.45) is 0 Å². The average molecular weight is 275 g/mol. The number of benzene rings is 1. The molecule has 0 atom stereocenters. The third-order valence-electron chi connectivity index (χ3n) is 2.93. The quantitative estimate of drug-likeness (QED) is 0.878. The molecular weight excluding hydrogens is 258 g/mol. The molecule has 1 aromatic carbocycles. The van der Waals surface area contributed by atoms with Crippen LogP contribution in [0.5, 0.6) is 11.5 Å². The fourth-order valence-electron chi connectivity index (χ4n) is 1.85. The van der Waals surface area contributed by atoms with E-state index in [9.17, 15) is 4.79 Å². The second-order valence-electron chi connectivity index (χ2n) is 4.21. The Hall–Kier alpha value is -2.43. The minimum atomic E-state index is -0.140. The molecular formula is C15H17NO4. The van der Waals surface area contributed by atoms with Crippen molar-refractivity contribution < 1.29 is 18.7 Å². The Morgan fingerprint density at radius 3 is 2.65 bits per heavy atom. The summed E-state index contributed by atoms with van der Waals surface area (Å²) in [4.78, 5) is 11.7. The molecule has 0 radical (unpaired) electrons. The summed E-state index contributed by atoms with van der Waals surface area (Å²) in [6.45, 7) is 0.541. The van der Waals surface area contributed by atoms with Gasteiger partial charge in [-0.2, -0.15) is 0 Å². The number of carbonyl (C=O) groups is 1. The predicted octanol–water partition coefficient (Wildman–Crippen LogP) is 2.27. The number of methoxy groups -OCH3 is 2. The van der Waals surface area contributed by atoms with Gasteiger partial charge < -0.3 is 19.2 Å². The van der Waals surface area contributed by atoms with Crippen molar-refractivity contribution >= 4 is 5.91 Å². The number of carbonyl (C=O) groups excluding carboxylic acids is 1. The van der Waals surface area contributed by atoms with Crippen molar-refractivity contribution in [2.75, 3.05) is 20.8 Å². The lowest BCUT2D eigenvalue weighted by Gasteiger charge is -2.09. The normalized spacial score (nSPS) is 10.1. The molecule has 0 saturated heterocycles. The van der Waals surface area contributed by atoms with E-state index in [0.29, 0.717) is 30.0 Å². The first-order chi connectivity index (χ1) is 9.74. The maximum absolute atomic E-state index is 11.7. The fraction of sp³-hybridized carbons (Fsp3) is 0.267. The van der Waals surface area contributed by atoms with Crippen molar-refractivity contribution in [2.45, 2.75) is 6.42 Å². The van der Waals surface area contributed by atoms with E-state index in [-0.39, 0.29) is 5.91 Å². The zero-order valence-electron chi connectivity index (χ0n) is 11.5. The summed E-state index contributed by atoms with van der Waals surface area (Å²) in [5.41, 5.74) is 1.59. The molecule has 0 spiro atoms.